The molecule has 144 valence electrons. The normalized spacial score (nSPS) is 10.7. The van der Waals surface area contributed by atoms with Crippen LogP contribution in [0.5, 0.6) is 17.2 Å². The van der Waals surface area contributed by atoms with Gasteiger partial charge in [-0.15, -0.1) is 0 Å². The van der Waals surface area contributed by atoms with Gasteiger partial charge in [0.15, 0.2) is 11.5 Å². The first-order valence-electron chi connectivity index (χ1n) is 8.66. The van der Waals surface area contributed by atoms with Gasteiger partial charge in [-0.3, -0.25) is 4.79 Å². The summed E-state index contributed by atoms with van der Waals surface area (Å²) in [5.74, 6) is 1.88. The van der Waals surface area contributed by atoms with E-state index >= 15 is 0 Å². The highest BCUT2D eigenvalue weighted by atomic mass is 35.5. The van der Waals surface area contributed by atoms with Crippen LogP contribution in [-0.4, -0.2) is 44.7 Å². The Kier molecular flexibility index (Phi) is 8.01. The minimum absolute atomic E-state index is 0.113. The van der Waals surface area contributed by atoms with Crippen LogP contribution in [0.2, 0.25) is 5.02 Å². The van der Waals surface area contributed by atoms with Gasteiger partial charge in [0.1, 0.15) is 12.4 Å². The molecule has 0 fully saturated rings. The number of carbonyl (C=O) groups excluding carboxylic acids is 1. The number of carbonyl (C=O) groups is 1. The fourth-order valence-corrected chi connectivity index (χ4v) is 2.51. The number of hydrogen-bond donors (Lipinski definition) is 0. The maximum atomic E-state index is 12.3. The van der Waals surface area contributed by atoms with E-state index in [1.165, 1.54) is 6.08 Å². The predicted molar refractivity (Wildman–Crippen MR) is 108 cm³/mol. The Bertz CT molecular complexity index is 792. The molecule has 0 heterocycles. The molecular weight excluding hydrogens is 366 g/mol. The van der Waals surface area contributed by atoms with Crippen molar-refractivity contribution < 1.29 is 19.0 Å². The third-order valence-corrected chi connectivity index (χ3v) is 4.01. The van der Waals surface area contributed by atoms with Crippen molar-refractivity contribution in [2.75, 3.05) is 33.9 Å². The van der Waals surface area contributed by atoms with Crippen molar-refractivity contribution in [3.05, 3.63) is 59.1 Å². The zero-order valence-corrected chi connectivity index (χ0v) is 16.5. The lowest BCUT2D eigenvalue weighted by Crippen LogP contribution is -2.29. The van der Waals surface area contributed by atoms with E-state index in [2.05, 4.69) is 0 Å². The quantitative estimate of drug-likeness (QED) is 0.600. The van der Waals surface area contributed by atoms with Gasteiger partial charge >= 0.3 is 0 Å². The summed E-state index contributed by atoms with van der Waals surface area (Å²) in [6, 6.07) is 12.7. The highest BCUT2D eigenvalue weighted by Gasteiger charge is 2.07. The van der Waals surface area contributed by atoms with Crippen LogP contribution in [0.3, 0.4) is 0 Å². The third-order valence-electron chi connectivity index (χ3n) is 3.77. The molecular formula is C21H24ClNO4. The largest absolute Gasteiger partial charge is 0.493 e. The molecule has 0 saturated carbocycles. The highest BCUT2D eigenvalue weighted by molar-refractivity contribution is 6.30. The lowest BCUT2D eigenvalue weighted by molar-refractivity contribution is -0.125. The number of methoxy groups -OCH3 is 1. The van der Waals surface area contributed by atoms with Crippen molar-refractivity contribution in [1.82, 2.24) is 4.90 Å². The van der Waals surface area contributed by atoms with Crippen molar-refractivity contribution in [3.8, 4) is 17.2 Å². The number of halogens is 1. The van der Waals surface area contributed by atoms with Gasteiger partial charge in [-0.25, -0.2) is 0 Å². The molecule has 0 atom stereocenters. The van der Waals surface area contributed by atoms with Crippen molar-refractivity contribution in [3.63, 3.8) is 0 Å². The summed E-state index contributed by atoms with van der Waals surface area (Å²) in [4.78, 5) is 13.8. The summed E-state index contributed by atoms with van der Waals surface area (Å²) in [5, 5.41) is 0.616. The van der Waals surface area contributed by atoms with Crippen molar-refractivity contribution >= 4 is 23.6 Å². The van der Waals surface area contributed by atoms with E-state index in [-0.39, 0.29) is 5.91 Å². The van der Waals surface area contributed by atoms with Gasteiger partial charge in [0.25, 0.3) is 0 Å². The van der Waals surface area contributed by atoms with Gasteiger partial charge in [0.05, 0.1) is 20.3 Å². The molecule has 0 N–H and O–H groups in total. The fourth-order valence-electron chi connectivity index (χ4n) is 2.33. The third kappa shape index (κ3) is 6.53. The molecule has 0 aliphatic rings. The molecule has 0 aromatic heterocycles. The summed E-state index contributed by atoms with van der Waals surface area (Å²) in [7, 11) is 3.32. The number of nitrogens with zero attached hydrogens (tertiary/aromatic N) is 1. The Morgan fingerprint density at radius 2 is 1.96 bits per heavy atom. The van der Waals surface area contributed by atoms with Crippen LogP contribution in [0.15, 0.2) is 48.5 Å². The molecule has 0 saturated heterocycles. The van der Waals surface area contributed by atoms with Crippen LogP contribution in [0, 0.1) is 0 Å². The minimum atomic E-state index is -0.113. The molecule has 2 aromatic rings. The molecule has 2 rings (SSSR count). The average molecular weight is 390 g/mol. The van der Waals surface area contributed by atoms with Gasteiger partial charge in [-0.2, -0.15) is 0 Å². The van der Waals surface area contributed by atoms with Gasteiger partial charge in [0, 0.05) is 18.1 Å². The first-order valence-corrected chi connectivity index (χ1v) is 9.03. The average Bonchev–Trinajstić information content (AvgIpc) is 2.66. The van der Waals surface area contributed by atoms with E-state index in [1.807, 2.05) is 37.3 Å². The van der Waals surface area contributed by atoms with Gasteiger partial charge in [-0.1, -0.05) is 23.7 Å². The summed E-state index contributed by atoms with van der Waals surface area (Å²) < 4.78 is 16.4. The second-order valence-electron chi connectivity index (χ2n) is 5.74. The van der Waals surface area contributed by atoms with E-state index in [1.54, 1.807) is 37.3 Å². The summed E-state index contributed by atoms with van der Waals surface area (Å²) in [6.07, 6.45) is 3.27. The van der Waals surface area contributed by atoms with E-state index in [0.29, 0.717) is 42.0 Å². The molecule has 0 radical (unpaired) electrons. The van der Waals surface area contributed by atoms with E-state index in [0.717, 1.165) is 5.56 Å². The van der Waals surface area contributed by atoms with Crippen LogP contribution in [-0.2, 0) is 4.79 Å². The van der Waals surface area contributed by atoms with Gasteiger partial charge in [0.2, 0.25) is 5.91 Å². The monoisotopic (exact) mass is 389 g/mol. The predicted octanol–water partition coefficient (Wildman–Crippen LogP) is 4.30. The van der Waals surface area contributed by atoms with Crippen LogP contribution >= 0.6 is 11.6 Å². The topological polar surface area (TPSA) is 48.0 Å². The molecule has 2 aromatic carbocycles. The molecule has 0 bridgehead atoms. The molecule has 27 heavy (non-hydrogen) atoms. The number of likely N-dealkylation sites (N-methyl/N-ethyl adjacent to an activating group) is 1. The number of ether oxygens (including phenoxy) is 3. The Morgan fingerprint density at radius 3 is 2.67 bits per heavy atom. The maximum absolute atomic E-state index is 12.3. The summed E-state index contributed by atoms with van der Waals surface area (Å²) in [6.45, 7) is 3.29. The van der Waals surface area contributed by atoms with Gasteiger partial charge in [-0.05, 0) is 48.9 Å². The number of rotatable bonds is 9. The fraction of sp³-hybridized carbons (Fsp3) is 0.286. The second kappa shape index (κ2) is 10.5. The second-order valence-corrected chi connectivity index (χ2v) is 6.18. The van der Waals surface area contributed by atoms with Crippen molar-refractivity contribution in [1.29, 1.82) is 0 Å². The molecule has 0 aliphatic carbocycles. The lowest BCUT2D eigenvalue weighted by atomic mass is 10.2. The zero-order chi connectivity index (χ0) is 19.6. The molecule has 0 unspecified atom stereocenters. The molecule has 0 spiro atoms. The van der Waals surface area contributed by atoms with Gasteiger partial charge < -0.3 is 19.1 Å². The highest BCUT2D eigenvalue weighted by Crippen LogP contribution is 2.28. The number of benzene rings is 2. The van der Waals surface area contributed by atoms with Crippen LogP contribution in [0.1, 0.15) is 12.5 Å². The van der Waals surface area contributed by atoms with E-state index in [9.17, 15) is 4.79 Å². The molecule has 6 heteroatoms. The minimum Gasteiger partial charge on any atom is -0.493 e. The van der Waals surface area contributed by atoms with E-state index in [4.69, 9.17) is 25.8 Å². The van der Waals surface area contributed by atoms with Crippen LogP contribution in [0.25, 0.3) is 6.08 Å². The summed E-state index contributed by atoms with van der Waals surface area (Å²) >= 11 is 5.92. The van der Waals surface area contributed by atoms with E-state index < -0.39 is 0 Å². The van der Waals surface area contributed by atoms with Crippen molar-refractivity contribution in [2.45, 2.75) is 6.92 Å². The SMILES string of the molecule is CCOc1cc(/C=C/C(=O)N(C)CCOc2cccc(Cl)c2)ccc1OC. The molecule has 5 nitrogen and oxygen atoms in total. The summed E-state index contributed by atoms with van der Waals surface area (Å²) in [5.41, 5.74) is 0.858. The first kappa shape index (κ1) is 20.6. The zero-order valence-electron chi connectivity index (χ0n) is 15.8. The molecule has 0 aliphatic heterocycles. The van der Waals surface area contributed by atoms with Crippen LogP contribution in [0.4, 0.5) is 0 Å². The molecule has 1 amide bonds. The smallest absolute Gasteiger partial charge is 0.246 e. The number of amides is 1. The standard InChI is InChI=1S/C21H24ClNO4/c1-4-26-20-14-16(8-10-19(20)25-3)9-11-21(24)23(2)12-13-27-18-7-5-6-17(22)15-18/h5-11,14-15H,4,12-13H2,1-3H3/b11-9+. The first-order chi connectivity index (χ1) is 13.0. The van der Waals surface area contributed by atoms with Crippen LogP contribution < -0.4 is 14.2 Å². The number of hydrogen-bond acceptors (Lipinski definition) is 4. The maximum Gasteiger partial charge on any atom is 0.246 e. The Balaban J connectivity index is 1.88. The lowest BCUT2D eigenvalue weighted by Gasteiger charge is -2.15. The Hall–Kier alpha value is -2.66. The Morgan fingerprint density at radius 1 is 1.15 bits per heavy atom. The Labute approximate surface area is 165 Å². The van der Waals surface area contributed by atoms with Crippen molar-refractivity contribution in [2.24, 2.45) is 0 Å².